The summed E-state index contributed by atoms with van der Waals surface area (Å²) in [6.07, 6.45) is 0.918. The van der Waals surface area contributed by atoms with Crippen LogP contribution >= 0.6 is 12.2 Å². The van der Waals surface area contributed by atoms with E-state index < -0.39 is 0 Å². The maximum absolute atomic E-state index is 5.04. The Balaban J connectivity index is 2.53. The number of H-pyrrole nitrogens is 1. The first-order chi connectivity index (χ1) is 7.11. The van der Waals surface area contributed by atoms with Crippen molar-refractivity contribution in [2.24, 2.45) is 14.1 Å². The van der Waals surface area contributed by atoms with E-state index in [0.29, 0.717) is 4.77 Å². The quantitative estimate of drug-likeness (QED) is 0.784. The molecule has 0 amide bonds. The first-order valence-corrected chi connectivity index (χ1v) is 5.19. The third-order valence-corrected chi connectivity index (χ3v) is 2.67. The van der Waals surface area contributed by atoms with Crippen molar-refractivity contribution in [3.8, 4) is 11.5 Å². The molecule has 0 aliphatic carbocycles. The van der Waals surface area contributed by atoms with Gasteiger partial charge in [-0.2, -0.15) is 10.1 Å². The van der Waals surface area contributed by atoms with Gasteiger partial charge in [0.05, 0.1) is 5.69 Å². The third-order valence-electron chi connectivity index (χ3n) is 2.30. The van der Waals surface area contributed by atoms with Crippen LogP contribution in [0.1, 0.15) is 12.6 Å². The number of hydrogen-bond acceptors (Lipinski definition) is 3. The van der Waals surface area contributed by atoms with Crippen LogP contribution in [0.2, 0.25) is 0 Å². The van der Waals surface area contributed by atoms with Crippen molar-refractivity contribution in [1.29, 1.82) is 0 Å². The molecule has 2 aromatic heterocycles. The number of rotatable bonds is 2. The van der Waals surface area contributed by atoms with Crippen LogP contribution in [-0.4, -0.2) is 24.5 Å². The standard InChI is InChI=1S/C9H13N5S/c1-4-6-5-7(13(2)11-6)8-10-9(15)14(3)12-8/h5H,4H2,1-3H3,(H,10,12,15). The van der Waals surface area contributed by atoms with Crippen molar-refractivity contribution >= 4 is 12.2 Å². The van der Waals surface area contributed by atoms with Crippen molar-refractivity contribution in [2.45, 2.75) is 13.3 Å². The fourth-order valence-electron chi connectivity index (χ4n) is 1.44. The number of nitrogens with zero attached hydrogens (tertiary/aromatic N) is 4. The van der Waals surface area contributed by atoms with Crippen LogP contribution < -0.4 is 0 Å². The van der Waals surface area contributed by atoms with Crippen LogP contribution in [0.5, 0.6) is 0 Å². The first-order valence-electron chi connectivity index (χ1n) is 4.78. The molecule has 0 saturated heterocycles. The van der Waals surface area contributed by atoms with Gasteiger partial charge in [-0.1, -0.05) is 6.92 Å². The third kappa shape index (κ3) is 1.72. The van der Waals surface area contributed by atoms with Crippen molar-refractivity contribution in [1.82, 2.24) is 24.5 Å². The Bertz CT molecular complexity index is 533. The Morgan fingerprint density at radius 3 is 2.67 bits per heavy atom. The molecule has 0 unspecified atom stereocenters. The average Bonchev–Trinajstić information content (AvgIpc) is 2.71. The van der Waals surface area contributed by atoms with Gasteiger partial charge in [-0.25, -0.2) is 0 Å². The van der Waals surface area contributed by atoms with Crippen molar-refractivity contribution in [3.63, 3.8) is 0 Å². The number of hydrogen-bond donors (Lipinski definition) is 1. The minimum Gasteiger partial charge on any atom is -0.278 e. The van der Waals surface area contributed by atoms with Crippen LogP contribution in [-0.2, 0) is 20.5 Å². The monoisotopic (exact) mass is 223 g/mol. The first kappa shape index (κ1) is 10.1. The van der Waals surface area contributed by atoms with E-state index in [9.17, 15) is 0 Å². The fraction of sp³-hybridized carbons (Fsp3) is 0.444. The van der Waals surface area contributed by atoms with E-state index in [-0.39, 0.29) is 0 Å². The summed E-state index contributed by atoms with van der Waals surface area (Å²) in [4.78, 5) is 4.25. The molecular weight excluding hydrogens is 210 g/mol. The Kier molecular flexibility index (Phi) is 2.44. The van der Waals surface area contributed by atoms with Gasteiger partial charge >= 0.3 is 0 Å². The average molecular weight is 223 g/mol. The van der Waals surface area contributed by atoms with Crippen LogP contribution in [0.3, 0.4) is 0 Å². The van der Waals surface area contributed by atoms with Gasteiger partial charge in [-0.15, -0.1) is 0 Å². The van der Waals surface area contributed by atoms with Gasteiger partial charge in [-0.05, 0) is 24.7 Å². The minimum absolute atomic E-state index is 0.546. The van der Waals surface area contributed by atoms with E-state index in [1.807, 2.05) is 24.8 Å². The Labute approximate surface area is 92.7 Å². The second-order valence-electron chi connectivity index (χ2n) is 3.41. The van der Waals surface area contributed by atoms with E-state index in [1.165, 1.54) is 0 Å². The van der Waals surface area contributed by atoms with Crippen LogP contribution in [0.25, 0.3) is 11.5 Å². The van der Waals surface area contributed by atoms with Crippen LogP contribution in [0.4, 0.5) is 0 Å². The smallest absolute Gasteiger partial charge is 0.216 e. The molecule has 0 saturated carbocycles. The normalized spacial score (nSPS) is 10.9. The van der Waals surface area contributed by atoms with E-state index >= 15 is 0 Å². The molecule has 2 heterocycles. The predicted molar refractivity (Wildman–Crippen MR) is 60.0 cm³/mol. The molecule has 0 bridgehead atoms. The predicted octanol–water partition coefficient (Wildman–Crippen LogP) is 1.44. The highest BCUT2D eigenvalue weighted by Gasteiger charge is 2.09. The van der Waals surface area contributed by atoms with Gasteiger partial charge in [0, 0.05) is 14.1 Å². The Morgan fingerprint density at radius 2 is 2.20 bits per heavy atom. The molecule has 0 spiro atoms. The van der Waals surface area contributed by atoms with Crippen molar-refractivity contribution < 1.29 is 0 Å². The Morgan fingerprint density at radius 1 is 1.47 bits per heavy atom. The minimum atomic E-state index is 0.546. The molecule has 6 heteroatoms. The number of aryl methyl sites for hydroxylation is 3. The lowest BCUT2D eigenvalue weighted by molar-refractivity contribution is 0.735. The summed E-state index contributed by atoms with van der Waals surface area (Å²) in [7, 11) is 3.75. The molecule has 1 N–H and O–H groups in total. The Hall–Kier alpha value is -1.43. The molecule has 15 heavy (non-hydrogen) atoms. The lowest BCUT2D eigenvalue weighted by Crippen LogP contribution is -1.96. The topological polar surface area (TPSA) is 51.4 Å². The largest absolute Gasteiger partial charge is 0.278 e. The van der Waals surface area contributed by atoms with Gasteiger partial charge in [-0.3, -0.25) is 14.5 Å². The zero-order chi connectivity index (χ0) is 11.0. The summed E-state index contributed by atoms with van der Waals surface area (Å²) >= 11 is 5.04. The summed E-state index contributed by atoms with van der Waals surface area (Å²) in [5, 5.41) is 7.44. The van der Waals surface area contributed by atoms with Crippen molar-refractivity contribution in [2.75, 3.05) is 0 Å². The second kappa shape index (κ2) is 3.62. The molecule has 0 radical (unpaired) electrons. The maximum Gasteiger partial charge on any atom is 0.216 e. The molecule has 80 valence electrons. The molecule has 0 aliphatic heterocycles. The lowest BCUT2D eigenvalue weighted by atomic mass is 10.3. The summed E-state index contributed by atoms with van der Waals surface area (Å²) < 4.78 is 4.07. The fourth-order valence-corrected chi connectivity index (χ4v) is 1.57. The summed E-state index contributed by atoms with van der Waals surface area (Å²) in [5.41, 5.74) is 2.01. The molecule has 0 atom stereocenters. The van der Waals surface area contributed by atoms with Crippen molar-refractivity contribution in [3.05, 3.63) is 16.5 Å². The highest BCUT2D eigenvalue weighted by Crippen LogP contribution is 2.15. The summed E-state index contributed by atoms with van der Waals surface area (Å²) in [6, 6.07) is 2.02. The molecular formula is C9H13N5S. The van der Waals surface area contributed by atoms with E-state index in [2.05, 4.69) is 22.1 Å². The molecule has 2 aromatic rings. The van der Waals surface area contributed by atoms with Gasteiger partial charge in [0.2, 0.25) is 4.77 Å². The van der Waals surface area contributed by atoms with Gasteiger partial charge in [0.1, 0.15) is 5.69 Å². The lowest BCUT2D eigenvalue weighted by Gasteiger charge is -1.95. The van der Waals surface area contributed by atoms with Crippen LogP contribution in [0.15, 0.2) is 6.07 Å². The molecule has 0 aliphatic rings. The highest BCUT2D eigenvalue weighted by atomic mass is 32.1. The molecule has 2 rings (SSSR count). The summed E-state index contributed by atoms with van der Waals surface area (Å²) in [5.74, 6) is 0.761. The SMILES string of the molecule is CCc1cc(-c2nc(=S)n(C)[nH]2)n(C)n1. The zero-order valence-corrected chi connectivity index (χ0v) is 9.80. The number of aromatic amines is 1. The molecule has 0 aromatic carbocycles. The summed E-state index contributed by atoms with van der Waals surface area (Å²) in [6.45, 7) is 2.08. The molecule has 5 nitrogen and oxygen atoms in total. The maximum atomic E-state index is 5.04. The van der Waals surface area contributed by atoms with Gasteiger partial charge in [0.25, 0.3) is 0 Å². The van der Waals surface area contributed by atoms with E-state index in [1.54, 1.807) is 4.68 Å². The highest BCUT2D eigenvalue weighted by molar-refractivity contribution is 7.71. The number of aromatic nitrogens is 5. The van der Waals surface area contributed by atoms with E-state index in [0.717, 1.165) is 23.6 Å². The van der Waals surface area contributed by atoms with E-state index in [4.69, 9.17) is 12.2 Å². The van der Waals surface area contributed by atoms with Crippen LogP contribution in [0, 0.1) is 4.77 Å². The second-order valence-corrected chi connectivity index (χ2v) is 3.78. The van der Waals surface area contributed by atoms with Gasteiger partial charge < -0.3 is 0 Å². The molecule has 0 fully saturated rings. The number of nitrogens with one attached hydrogen (secondary N) is 1. The van der Waals surface area contributed by atoms with Gasteiger partial charge in [0.15, 0.2) is 5.82 Å². The zero-order valence-electron chi connectivity index (χ0n) is 8.98.